The number of amides is 1. The number of nitrogens with one attached hydrogen (secondary N) is 2. The standard InChI is InChI=1S/C13H16Cl2N2O3/c14-10-2-1-8(5-11(10)15)12-9(7-17-13(18)19)6-16-3-4-20-12/h1-2,5,9,12,16-17H,3-4,6-7H2,(H,18,19)/t9-,12-/m0/s1. The van der Waals surface area contributed by atoms with E-state index >= 15 is 0 Å². The minimum atomic E-state index is -1.04. The summed E-state index contributed by atoms with van der Waals surface area (Å²) >= 11 is 12.0. The zero-order valence-corrected chi connectivity index (χ0v) is 12.2. The van der Waals surface area contributed by atoms with E-state index in [1.54, 1.807) is 12.1 Å². The molecule has 0 bridgehead atoms. The van der Waals surface area contributed by atoms with Crippen LogP contribution >= 0.6 is 23.2 Å². The van der Waals surface area contributed by atoms with Gasteiger partial charge in [0, 0.05) is 25.6 Å². The molecule has 1 aliphatic rings. The number of hydrogen-bond donors (Lipinski definition) is 3. The lowest BCUT2D eigenvalue weighted by Crippen LogP contribution is -2.35. The van der Waals surface area contributed by atoms with E-state index in [-0.39, 0.29) is 12.0 Å². The Hall–Kier alpha value is -1.01. The van der Waals surface area contributed by atoms with Gasteiger partial charge in [0.05, 0.1) is 22.8 Å². The molecule has 0 aromatic heterocycles. The van der Waals surface area contributed by atoms with Crippen molar-refractivity contribution in [1.29, 1.82) is 0 Å². The molecule has 0 aliphatic carbocycles. The highest BCUT2D eigenvalue weighted by molar-refractivity contribution is 6.42. The highest BCUT2D eigenvalue weighted by atomic mass is 35.5. The van der Waals surface area contributed by atoms with Crippen LogP contribution < -0.4 is 10.6 Å². The fourth-order valence-corrected chi connectivity index (χ4v) is 2.55. The van der Waals surface area contributed by atoms with Crippen molar-refractivity contribution in [1.82, 2.24) is 10.6 Å². The molecule has 1 aromatic carbocycles. The topological polar surface area (TPSA) is 70.6 Å². The Morgan fingerprint density at radius 3 is 2.95 bits per heavy atom. The summed E-state index contributed by atoms with van der Waals surface area (Å²) in [6.07, 6.45) is -1.26. The van der Waals surface area contributed by atoms with E-state index in [2.05, 4.69) is 10.6 Å². The van der Waals surface area contributed by atoms with Crippen molar-refractivity contribution in [2.45, 2.75) is 6.10 Å². The molecule has 1 fully saturated rings. The van der Waals surface area contributed by atoms with Gasteiger partial charge in [-0.15, -0.1) is 0 Å². The summed E-state index contributed by atoms with van der Waals surface area (Å²) in [4.78, 5) is 10.7. The van der Waals surface area contributed by atoms with Crippen molar-refractivity contribution in [3.8, 4) is 0 Å². The van der Waals surface area contributed by atoms with Crippen molar-refractivity contribution in [3.05, 3.63) is 33.8 Å². The molecule has 1 heterocycles. The third-order valence-electron chi connectivity index (χ3n) is 3.20. The van der Waals surface area contributed by atoms with Crippen LogP contribution in [0.3, 0.4) is 0 Å². The molecule has 0 saturated carbocycles. The van der Waals surface area contributed by atoms with Gasteiger partial charge in [0.1, 0.15) is 0 Å². The number of benzene rings is 1. The Labute approximate surface area is 127 Å². The van der Waals surface area contributed by atoms with E-state index in [4.69, 9.17) is 33.0 Å². The summed E-state index contributed by atoms with van der Waals surface area (Å²) < 4.78 is 5.83. The van der Waals surface area contributed by atoms with Gasteiger partial charge in [-0.25, -0.2) is 4.79 Å². The lowest BCUT2D eigenvalue weighted by molar-refractivity contribution is 0.0309. The van der Waals surface area contributed by atoms with Crippen molar-refractivity contribution in [2.24, 2.45) is 5.92 Å². The van der Waals surface area contributed by atoms with Crippen LogP contribution in [0.5, 0.6) is 0 Å². The molecule has 1 aliphatic heterocycles. The molecule has 1 saturated heterocycles. The number of hydrogen-bond acceptors (Lipinski definition) is 3. The largest absolute Gasteiger partial charge is 0.465 e. The van der Waals surface area contributed by atoms with Crippen LogP contribution in [0.4, 0.5) is 4.79 Å². The quantitative estimate of drug-likeness (QED) is 0.801. The van der Waals surface area contributed by atoms with Gasteiger partial charge in [0.15, 0.2) is 0 Å². The second kappa shape index (κ2) is 7.13. The van der Waals surface area contributed by atoms with E-state index in [9.17, 15) is 4.79 Å². The van der Waals surface area contributed by atoms with Gasteiger partial charge in [0.25, 0.3) is 0 Å². The summed E-state index contributed by atoms with van der Waals surface area (Å²) in [5, 5.41) is 15.3. The van der Waals surface area contributed by atoms with E-state index < -0.39 is 6.09 Å². The summed E-state index contributed by atoms with van der Waals surface area (Å²) in [6.45, 7) is 2.29. The number of halogens is 2. The molecule has 7 heteroatoms. The normalized spacial score (nSPS) is 23.1. The van der Waals surface area contributed by atoms with Crippen LogP contribution in [-0.4, -0.2) is 37.4 Å². The maximum Gasteiger partial charge on any atom is 0.404 e. The molecule has 5 nitrogen and oxygen atoms in total. The molecule has 0 unspecified atom stereocenters. The molecule has 0 spiro atoms. The predicted molar refractivity (Wildman–Crippen MR) is 77.5 cm³/mol. The molecule has 20 heavy (non-hydrogen) atoms. The molecule has 1 aromatic rings. The number of ether oxygens (including phenoxy) is 1. The molecule has 0 radical (unpaired) electrons. The average molecular weight is 319 g/mol. The van der Waals surface area contributed by atoms with Gasteiger partial charge in [-0.2, -0.15) is 0 Å². The molecule has 110 valence electrons. The van der Waals surface area contributed by atoms with Gasteiger partial charge >= 0.3 is 6.09 Å². The highest BCUT2D eigenvalue weighted by Gasteiger charge is 2.26. The Morgan fingerprint density at radius 2 is 2.25 bits per heavy atom. The maximum atomic E-state index is 10.7. The first-order valence-electron chi connectivity index (χ1n) is 6.32. The first-order valence-corrected chi connectivity index (χ1v) is 7.07. The zero-order chi connectivity index (χ0) is 14.5. The smallest absolute Gasteiger partial charge is 0.404 e. The molecular weight excluding hydrogens is 303 g/mol. The minimum Gasteiger partial charge on any atom is -0.465 e. The third kappa shape index (κ3) is 3.99. The van der Waals surface area contributed by atoms with Gasteiger partial charge in [0.2, 0.25) is 0 Å². The van der Waals surface area contributed by atoms with E-state index in [1.807, 2.05) is 6.07 Å². The van der Waals surface area contributed by atoms with E-state index in [0.29, 0.717) is 29.7 Å². The monoisotopic (exact) mass is 318 g/mol. The molecule has 2 atom stereocenters. The van der Waals surface area contributed by atoms with Crippen LogP contribution in [-0.2, 0) is 4.74 Å². The average Bonchev–Trinajstić information content (AvgIpc) is 2.65. The van der Waals surface area contributed by atoms with Crippen molar-refractivity contribution >= 4 is 29.3 Å². The second-order valence-electron chi connectivity index (χ2n) is 4.62. The zero-order valence-electron chi connectivity index (χ0n) is 10.7. The van der Waals surface area contributed by atoms with Crippen molar-refractivity contribution < 1.29 is 14.6 Å². The van der Waals surface area contributed by atoms with Crippen LogP contribution in [0.2, 0.25) is 10.0 Å². The minimum absolute atomic E-state index is 0.00848. The highest BCUT2D eigenvalue weighted by Crippen LogP contribution is 2.31. The molecular formula is C13H16Cl2N2O3. The first kappa shape index (κ1) is 15.4. The lowest BCUT2D eigenvalue weighted by atomic mass is 9.95. The van der Waals surface area contributed by atoms with Gasteiger partial charge < -0.3 is 20.5 Å². The van der Waals surface area contributed by atoms with E-state index in [0.717, 1.165) is 12.1 Å². The third-order valence-corrected chi connectivity index (χ3v) is 3.94. The Balaban J connectivity index is 2.18. The van der Waals surface area contributed by atoms with E-state index in [1.165, 1.54) is 0 Å². The van der Waals surface area contributed by atoms with Gasteiger partial charge in [-0.1, -0.05) is 29.3 Å². The Bertz CT molecular complexity index is 485. The van der Waals surface area contributed by atoms with Crippen LogP contribution in [0.15, 0.2) is 18.2 Å². The Morgan fingerprint density at radius 1 is 1.45 bits per heavy atom. The van der Waals surface area contributed by atoms with Crippen LogP contribution in [0, 0.1) is 5.92 Å². The number of carboxylic acid groups (broad SMARTS) is 1. The van der Waals surface area contributed by atoms with Crippen LogP contribution in [0.25, 0.3) is 0 Å². The molecule has 2 rings (SSSR count). The Kier molecular flexibility index (Phi) is 5.48. The fraction of sp³-hybridized carbons (Fsp3) is 0.462. The predicted octanol–water partition coefficient (Wildman–Crippen LogP) is 2.54. The van der Waals surface area contributed by atoms with Crippen molar-refractivity contribution in [3.63, 3.8) is 0 Å². The summed E-state index contributed by atoms with van der Waals surface area (Å²) in [7, 11) is 0. The number of rotatable bonds is 3. The summed E-state index contributed by atoms with van der Waals surface area (Å²) in [5.74, 6) is -0.00848. The maximum absolute atomic E-state index is 10.7. The number of carbonyl (C=O) groups is 1. The SMILES string of the molecule is O=C(O)NC[C@@H]1CNCCO[C@H]1c1ccc(Cl)c(Cl)c1. The first-order chi connectivity index (χ1) is 9.58. The summed E-state index contributed by atoms with van der Waals surface area (Å²) in [5.41, 5.74) is 0.903. The molecule has 3 N–H and O–H groups in total. The summed E-state index contributed by atoms with van der Waals surface area (Å²) in [6, 6.07) is 5.36. The van der Waals surface area contributed by atoms with Gasteiger partial charge in [-0.3, -0.25) is 0 Å². The lowest BCUT2D eigenvalue weighted by Gasteiger charge is -2.25. The van der Waals surface area contributed by atoms with Crippen molar-refractivity contribution in [2.75, 3.05) is 26.2 Å². The van der Waals surface area contributed by atoms with Gasteiger partial charge in [-0.05, 0) is 17.7 Å². The fourth-order valence-electron chi connectivity index (χ4n) is 2.24. The second-order valence-corrected chi connectivity index (χ2v) is 5.43. The van der Waals surface area contributed by atoms with Crippen LogP contribution in [0.1, 0.15) is 11.7 Å². The molecule has 1 amide bonds.